The maximum Gasteiger partial charge on any atom is 0.312 e. The van der Waals surface area contributed by atoms with E-state index >= 15 is 0 Å². The molecule has 266 valence electrons. The van der Waals surface area contributed by atoms with Crippen LogP contribution in [0.2, 0.25) is 0 Å². The fourth-order valence-electron chi connectivity index (χ4n) is 7.46. The highest BCUT2D eigenvalue weighted by Gasteiger charge is 2.81. The van der Waals surface area contributed by atoms with E-state index in [9.17, 15) is 39.0 Å². The SMILES string of the molecule is CC(=O)O[C@H]1[C@@H](OC(C)=O)[C@]2(CO2)[C@@H]2[C@H](OC(C)=O)[C@@]3(O)[C@H](/C=C(CO)\C=C/[C@@H](OC(C)=O)[C@@]2(C)[C@H]1OC(=O)CC(C)C)OC(=O)[C@@H]3C. The number of hydrogen-bond donors (Lipinski definition) is 2. The zero-order valence-corrected chi connectivity index (χ0v) is 28.3. The molecule has 15 nitrogen and oxygen atoms in total. The molecule has 15 heteroatoms. The first kappa shape index (κ1) is 37.0. The first-order valence-corrected chi connectivity index (χ1v) is 15.8. The lowest BCUT2D eigenvalue weighted by Crippen LogP contribution is -2.76. The molecule has 0 aromatic carbocycles. The molecular formula is C33H44O15. The lowest BCUT2D eigenvalue weighted by Gasteiger charge is -2.59. The van der Waals surface area contributed by atoms with Crippen LogP contribution in [0.3, 0.4) is 0 Å². The van der Waals surface area contributed by atoms with Gasteiger partial charge in [0.1, 0.15) is 17.8 Å². The third-order valence-electron chi connectivity index (χ3n) is 9.53. The maximum absolute atomic E-state index is 13.5. The Balaban J connectivity index is 2.16. The summed E-state index contributed by atoms with van der Waals surface area (Å²) in [6.07, 6.45) is -5.47. The van der Waals surface area contributed by atoms with Gasteiger partial charge in [-0.3, -0.25) is 28.8 Å². The summed E-state index contributed by atoms with van der Waals surface area (Å²) in [6.45, 7) is 9.98. The van der Waals surface area contributed by atoms with Crippen LogP contribution in [0.4, 0.5) is 0 Å². The van der Waals surface area contributed by atoms with Crippen LogP contribution < -0.4 is 0 Å². The van der Waals surface area contributed by atoms with E-state index in [1.54, 1.807) is 13.8 Å². The Bertz CT molecular complexity index is 1390. The number of rotatable bonds is 8. The van der Waals surface area contributed by atoms with Crippen LogP contribution in [-0.2, 0) is 61.9 Å². The highest BCUT2D eigenvalue weighted by Crippen LogP contribution is 2.63. The summed E-state index contributed by atoms with van der Waals surface area (Å²) < 4.78 is 41.1. The van der Waals surface area contributed by atoms with Gasteiger partial charge in [-0.15, -0.1) is 0 Å². The number of carbonyl (C=O) groups excluding carboxylic acids is 6. The van der Waals surface area contributed by atoms with Gasteiger partial charge in [0.05, 0.1) is 24.5 Å². The van der Waals surface area contributed by atoms with Crippen molar-refractivity contribution >= 4 is 35.8 Å². The summed E-state index contributed by atoms with van der Waals surface area (Å²) in [5.41, 5.74) is -5.85. The summed E-state index contributed by atoms with van der Waals surface area (Å²) >= 11 is 0. The average Bonchev–Trinajstić information content (AvgIpc) is 3.71. The Kier molecular flexibility index (Phi) is 10.5. The normalized spacial score (nSPS) is 40.2. The molecule has 0 aromatic heterocycles. The molecule has 0 amide bonds. The van der Waals surface area contributed by atoms with Crippen molar-refractivity contribution in [3.05, 3.63) is 23.8 Å². The second kappa shape index (κ2) is 13.6. The Morgan fingerprint density at radius 3 is 1.98 bits per heavy atom. The van der Waals surface area contributed by atoms with E-state index in [1.165, 1.54) is 32.1 Å². The van der Waals surface area contributed by atoms with Gasteiger partial charge >= 0.3 is 35.8 Å². The molecule has 0 unspecified atom stereocenters. The van der Waals surface area contributed by atoms with Crippen molar-refractivity contribution in [1.82, 2.24) is 0 Å². The molecule has 0 bridgehead atoms. The van der Waals surface area contributed by atoms with E-state index in [4.69, 9.17) is 33.2 Å². The first-order valence-electron chi connectivity index (χ1n) is 15.8. The van der Waals surface area contributed by atoms with Crippen molar-refractivity contribution in [2.45, 2.75) is 110 Å². The van der Waals surface area contributed by atoms with Gasteiger partial charge in [0.2, 0.25) is 0 Å². The summed E-state index contributed by atoms with van der Waals surface area (Å²) in [4.78, 5) is 77.6. The molecule has 4 rings (SSSR count). The molecule has 2 aliphatic heterocycles. The molecule has 2 saturated heterocycles. The van der Waals surface area contributed by atoms with Crippen molar-refractivity contribution in [1.29, 1.82) is 0 Å². The van der Waals surface area contributed by atoms with E-state index in [0.29, 0.717) is 0 Å². The van der Waals surface area contributed by atoms with Gasteiger partial charge in [0.25, 0.3) is 0 Å². The van der Waals surface area contributed by atoms with Crippen molar-refractivity contribution in [3.8, 4) is 0 Å². The predicted octanol–water partition coefficient (Wildman–Crippen LogP) is 0.857. The Labute approximate surface area is 277 Å². The molecule has 2 aliphatic carbocycles. The smallest absolute Gasteiger partial charge is 0.312 e. The number of esters is 6. The quantitative estimate of drug-likeness (QED) is 0.207. The Hall–Kier alpha value is -3.82. The fraction of sp³-hybridized carbons (Fsp3) is 0.697. The molecule has 3 fully saturated rings. The number of fused-ring (bicyclic) bond motifs is 3. The van der Waals surface area contributed by atoms with Crippen molar-refractivity contribution < 1.29 is 72.1 Å². The third kappa shape index (κ3) is 6.59. The van der Waals surface area contributed by atoms with E-state index in [-0.39, 0.29) is 24.5 Å². The Morgan fingerprint density at radius 2 is 1.48 bits per heavy atom. The molecule has 48 heavy (non-hydrogen) atoms. The number of epoxide rings is 1. The first-order chi connectivity index (χ1) is 22.3. The van der Waals surface area contributed by atoms with E-state index in [1.807, 2.05) is 0 Å². The molecule has 1 saturated carbocycles. The maximum atomic E-state index is 13.5. The summed E-state index contributed by atoms with van der Waals surface area (Å²) in [5, 5.41) is 23.0. The number of aliphatic hydroxyl groups excluding tert-OH is 1. The van der Waals surface area contributed by atoms with Crippen LogP contribution in [-0.4, -0.2) is 107 Å². The largest absolute Gasteiger partial charge is 0.459 e. The summed E-state index contributed by atoms with van der Waals surface area (Å²) in [5.74, 6) is -7.97. The third-order valence-corrected chi connectivity index (χ3v) is 9.53. The molecule has 2 heterocycles. The molecule has 0 aromatic rings. The van der Waals surface area contributed by atoms with Gasteiger partial charge in [0.15, 0.2) is 30.0 Å². The molecule has 2 N–H and O–H groups in total. The van der Waals surface area contributed by atoms with Crippen molar-refractivity contribution in [3.63, 3.8) is 0 Å². The van der Waals surface area contributed by atoms with Crippen molar-refractivity contribution in [2.24, 2.45) is 23.2 Å². The lowest BCUT2D eigenvalue weighted by atomic mass is 9.51. The standard InChI is InChI=1S/C33H44O15/c1-15(2)11-24(39)48-27-25(44-18(5)36)28(45-19(6)37)32(14-42-32)26-29(46-20(7)38)33(41)16(3)30(40)47-23(33)12-21(13-34)9-10-22(31(26,27)8)43-17(4)35/h9-10,12,15-16,22-23,25-29,34,41H,11,13-14H2,1-8H3/b10-9-,21-12+/t16-,22+,23-,25+,26+,27-,28+,29-,31+,32-,33-/m0/s1. The average molecular weight is 681 g/mol. The second-order valence-electron chi connectivity index (χ2n) is 13.5. The van der Waals surface area contributed by atoms with Gasteiger partial charge in [-0.25, -0.2) is 0 Å². The van der Waals surface area contributed by atoms with E-state index in [2.05, 4.69) is 0 Å². The van der Waals surface area contributed by atoms with Crippen LogP contribution in [0.5, 0.6) is 0 Å². The lowest BCUT2D eigenvalue weighted by molar-refractivity contribution is -0.279. The molecule has 0 radical (unpaired) electrons. The van der Waals surface area contributed by atoms with Gasteiger partial charge in [0, 0.05) is 40.0 Å². The van der Waals surface area contributed by atoms with Gasteiger partial charge in [-0.05, 0) is 30.6 Å². The van der Waals surface area contributed by atoms with Crippen LogP contribution in [0.25, 0.3) is 0 Å². The minimum Gasteiger partial charge on any atom is -0.459 e. The number of carbonyl (C=O) groups is 6. The minimum absolute atomic E-state index is 0.103. The molecule has 1 spiro atoms. The molecular weight excluding hydrogens is 636 g/mol. The van der Waals surface area contributed by atoms with Crippen LogP contribution in [0.15, 0.2) is 23.8 Å². The van der Waals surface area contributed by atoms with Crippen LogP contribution >= 0.6 is 0 Å². The number of ether oxygens (including phenoxy) is 7. The Morgan fingerprint density at radius 1 is 0.917 bits per heavy atom. The van der Waals surface area contributed by atoms with Gasteiger partial charge in [-0.2, -0.15) is 0 Å². The van der Waals surface area contributed by atoms with E-state index < -0.39 is 107 Å². The van der Waals surface area contributed by atoms with Crippen LogP contribution in [0.1, 0.15) is 61.8 Å². The summed E-state index contributed by atoms with van der Waals surface area (Å²) in [6, 6.07) is 0. The predicted molar refractivity (Wildman–Crippen MR) is 160 cm³/mol. The number of aliphatic hydroxyl groups is 2. The minimum atomic E-state index is -2.39. The van der Waals surface area contributed by atoms with Gasteiger partial charge < -0.3 is 43.4 Å². The van der Waals surface area contributed by atoms with Crippen molar-refractivity contribution in [2.75, 3.05) is 13.2 Å². The number of hydrogen-bond acceptors (Lipinski definition) is 15. The summed E-state index contributed by atoms with van der Waals surface area (Å²) in [7, 11) is 0. The topological polar surface area (TPSA) is 211 Å². The van der Waals surface area contributed by atoms with Crippen LogP contribution in [0, 0.1) is 23.2 Å². The zero-order chi connectivity index (χ0) is 35.9. The zero-order valence-electron chi connectivity index (χ0n) is 28.3. The highest BCUT2D eigenvalue weighted by atomic mass is 16.7. The highest BCUT2D eigenvalue weighted by molar-refractivity contribution is 5.78. The molecule has 4 aliphatic rings. The molecule has 11 atom stereocenters. The van der Waals surface area contributed by atoms with E-state index in [0.717, 1.165) is 27.7 Å². The fourth-order valence-corrected chi connectivity index (χ4v) is 7.46. The second-order valence-corrected chi connectivity index (χ2v) is 13.5. The van der Waals surface area contributed by atoms with Gasteiger partial charge in [-0.1, -0.05) is 26.8 Å². The monoisotopic (exact) mass is 680 g/mol.